The van der Waals surface area contributed by atoms with Crippen molar-refractivity contribution in [1.29, 1.82) is 0 Å². The van der Waals surface area contributed by atoms with Crippen molar-refractivity contribution in [2.24, 2.45) is 0 Å². The van der Waals surface area contributed by atoms with E-state index in [1.807, 2.05) is 0 Å². The van der Waals surface area contributed by atoms with E-state index in [-0.39, 0.29) is 11.9 Å². The van der Waals surface area contributed by atoms with Gasteiger partial charge in [-0.25, -0.2) is 0 Å². The Hall–Kier alpha value is -1.43. The highest BCUT2D eigenvalue weighted by molar-refractivity contribution is 5.90. The molecule has 1 heterocycles. The maximum Gasteiger partial charge on any atom is 0.322 e. The van der Waals surface area contributed by atoms with E-state index in [0.29, 0.717) is 18.5 Å². The van der Waals surface area contributed by atoms with Crippen LogP contribution in [0.2, 0.25) is 0 Å². The van der Waals surface area contributed by atoms with Crippen LogP contribution in [-0.4, -0.2) is 28.7 Å². The number of aryl methyl sites for hydroxylation is 1. The Morgan fingerprint density at radius 3 is 2.81 bits per heavy atom. The van der Waals surface area contributed by atoms with E-state index in [4.69, 9.17) is 4.42 Å². The van der Waals surface area contributed by atoms with Crippen molar-refractivity contribution in [3.8, 4) is 0 Å². The zero-order chi connectivity index (χ0) is 11.4. The Balaban J connectivity index is 1.71. The first-order chi connectivity index (χ1) is 7.74. The third kappa shape index (κ3) is 3.03. The molecule has 16 heavy (non-hydrogen) atoms. The molecule has 0 atom stereocenters. The number of hydrogen-bond donors (Lipinski definition) is 2. The van der Waals surface area contributed by atoms with Gasteiger partial charge in [0.25, 0.3) is 0 Å². The lowest BCUT2D eigenvalue weighted by Gasteiger charge is -2.10. The van der Waals surface area contributed by atoms with Crippen molar-refractivity contribution < 1.29 is 9.21 Å². The summed E-state index contributed by atoms with van der Waals surface area (Å²) in [6.45, 7) is 1.98. The molecule has 1 aliphatic rings. The summed E-state index contributed by atoms with van der Waals surface area (Å²) >= 11 is 0. The van der Waals surface area contributed by atoms with Gasteiger partial charge < -0.3 is 9.73 Å². The number of carbonyl (C=O) groups excluding carboxylic acids is 1. The molecule has 1 fully saturated rings. The van der Waals surface area contributed by atoms with Crippen LogP contribution in [0.15, 0.2) is 4.42 Å². The third-order valence-electron chi connectivity index (χ3n) is 2.68. The number of rotatable bonds is 4. The van der Waals surface area contributed by atoms with Gasteiger partial charge >= 0.3 is 6.01 Å². The van der Waals surface area contributed by atoms with Crippen molar-refractivity contribution in [2.75, 3.05) is 11.9 Å². The highest BCUT2D eigenvalue weighted by Crippen LogP contribution is 2.17. The molecule has 0 aromatic carbocycles. The maximum absolute atomic E-state index is 11.5. The number of amides is 1. The monoisotopic (exact) mass is 224 g/mol. The van der Waals surface area contributed by atoms with Gasteiger partial charge in [0.2, 0.25) is 11.8 Å². The minimum atomic E-state index is -0.143. The second kappa shape index (κ2) is 5.07. The van der Waals surface area contributed by atoms with Crippen LogP contribution >= 0.6 is 0 Å². The van der Waals surface area contributed by atoms with Gasteiger partial charge in [-0.15, -0.1) is 5.10 Å². The number of nitrogens with zero attached hydrogens (tertiary/aromatic N) is 2. The molecule has 88 valence electrons. The van der Waals surface area contributed by atoms with Gasteiger partial charge in [0, 0.05) is 13.0 Å². The van der Waals surface area contributed by atoms with Crippen LogP contribution in [0, 0.1) is 6.92 Å². The zero-order valence-electron chi connectivity index (χ0n) is 9.32. The SMILES string of the molecule is Cc1nnc(NC(=O)CNC2CCCC2)o1. The largest absolute Gasteiger partial charge is 0.408 e. The fourth-order valence-electron chi connectivity index (χ4n) is 1.88. The van der Waals surface area contributed by atoms with E-state index in [0.717, 1.165) is 12.8 Å². The fourth-order valence-corrected chi connectivity index (χ4v) is 1.88. The number of nitrogens with one attached hydrogen (secondary N) is 2. The van der Waals surface area contributed by atoms with E-state index in [2.05, 4.69) is 20.8 Å². The van der Waals surface area contributed by atoms with Gasteiger partial charge in [0.1, 0.15) is 0 Å². The molecule has 6 heteroatoms. The first-order valence-electron chi connectivity index (χ1n) is 5.57. The van der Waals surface area contributed by atoms with Crippen molar-refractivity contribution in [3.05, 3.63) is 5.89 Å². The molecule has 6 nitrogen and oxygen atoms in total. The minimum absolute atomic E-state index is 0.143. The average Bonchev–Trinajstić information content (AvgIpc) is 2.87. The van der Waals surface area contributed by atoms with Crippen LogP contribution in [0.1, 0.15) is 31.6 Å². The van der Waals surface area contributed by atoms with Crippen molar-refractivity contribution in [3.63, 3.8) is 0 Å². The van der Waals surface area contributed by atoms with Gasteiger partial charge in [-0.2, -0.15) is 0 Å². The molecule has 1 aromatic heterocycles. The lowest BCUT2D eigenvalue weighted by atomic mass is 10.2. The summed E-state index contributed by atoms with van der Waals surface area (Å²) < 4.78 is 5.04. The van der Waals surface area contributed by atoms with Crippen LogP contribution in [-0.2, 0) is 4.79 Å². The summed E-state index contributed by atoms with van der Waals surface area (Å²) in [5, 5.41) is 13.1. The molecular formula is C10H16N4O2. The van der Waals surface area contributed by atoms with Crippen molar-refractivity contribution in [2.45, 2.75) is 38.6 Å². The molecule has 1 saturated carbocycles. The van der Waals surface area contributed by atoms with Gasteiger partial charge in [0.15, 0.2) is 0 Å². The summed E-state index contributed by atoms with van der Waals surface area (Å²) in [7, 11) is 0. The van der Waals surface area contributed by atoms with E-state index in [1.165, 1.54) is 12.8 Å². The maximum atomic E-state index is 11.5. The first kappa shape index (κ1) is 11.1. The van der Waals surface area contributed by atoms with Crippen molar-refractivity contribution >= 4 is 11.9 Å². The number of hydrogen-bond acceptors (Lipinski definition) is 5. The van der Waals surface area contributed by atoms with Crippen LogP contribution in [0.3, 0.4) is 0 Å². The lowest BCUT2D eigenvalue weighted by Crippen LogP contribution is -2.34. The average molecular weight is 224 g/mol. The summed E-state index contributed by atoms with van der Waals surface area (Å²) in [6.07, 6.45) is 4.82. The Morgan fingerprint density at radius 2 is 2.19 bits per heavy atom. The summed E-state index contributed by atoms with van der Waals surface area (Å²) in [4.78, 5) is 11.5. The van der Waals surface area contributed by atoms with E-state index in [1.54, 1.807) is 6.92 Å². The lowest BCUT2D eigenvalue weighted by molar-refractivity contribution is -0.115. The summed E-state index contributed by atoms with van der Waals surface area (Å²) in [5.74, 6) is 0.301. The molecule has 2 N–H and O–H groups in total. The van der Waals surface area contributed by atoms with Crippen LogP contribution in [0.25, 0.3) is 0 Å². The molecule has 0 radical (unpaired) electrons. The van der Waals surface area contributed by atoms with Crippen LogP contribution < -0.4 is 10.6 Å². The first-order valence-corrected chi connectivity index (χ1v) is 5.57. The van der Waals surface area contributed by atoms with E-state index in [9.17, 15) is 4.79 Å². The molecule has 1 aliphatic carbocycles. The standard InChI is InChI=1S/C10H16N4O2/c1-7-13-14-10(16-7)12-9(15)6-11-8-4-2-3-5-8/h8,11H,2-6H2,1H3,(H,12,14,15). The number of carbonyl (C=O) groups is 1. The normalized spacial score (nSPS) is 16.6. The van der Waals surface area contributed by atoms with Gasteiger partial charge in [-0.3, -0.25) is 10.1 Å². The molecule has 0 bridgehead atoms. The van der Waals surface area contributed by atoms with Crippen LogP contribution in [0.5, 0.6) is 0 Å². The molecule has 1 amide bonds. The number of aromatic nitrogens is 2. The summed E-state index contributed by atoms with van der Waals surface area (Å²) in [5.41, 5.74) is 0. The van der Waals surface area contributed by atoms with Gasteiger partial charge in [0.05, 0.1) is 6.54 Å². The highest BCUT2D eigenvalue weighted by atomic mass is 16.4. The molecule has 0 unspecified atom stereocenters. The molecule has 0 spiro atoms. The smallest absolute Gasteiger partial charge is 0.322 e. The second-order valence-corrected chi connectivity index (χ2v) is 4.04. The zero-order valence-corrected chi connectivity index (χ0v) is 9.32. The molecule has 0 aliphatic heterocycles. The van der Waals surface area contributed by atoms with Gasteiger partial charge in [-0.05, 0) is 12.8 Å². The Bertz CT molecular complexity index is 357. The minimum Gasteiger partial charge on any atom is -0.408 e. The molecule has 1 aromatic rings. The Morgan fingerprint density at radius 1 is 1.44 bits per heavy atom. The van der Waals surface area contributed by atoms with Gasteiger partial charge in [-0.1, -0.05) is 17.9 Å². The predicted octanol–water partition coefficient (Wildman–Crippen LogP) is 0.849. The number of anilines is 1. The fraction of sp³-hybridized carbons (Fsp3) is 0.700. The quantitative estimate of drug-likeness (QED) is 0.792. The van der Waals surface area contributed by atoms with E-state index < -0.39 is 0 Å². The van der Waals surface area contributed by atoms with E-state index >= 15 is 0 Å². The molecule has 0 saturated heterocycles. The highest BCUT2D eigenvalue weighted by Gasteiger charge is 2.15. The topological polar surface area (TPSA) is 80.0 Å². The predicted molar refractivity (Wildman–Crippen MR) is 57.9 cm³/mol. The second-order valence-electron chi connectivity index (χ2n) is 4.04. The molecule has 2 rings (SSSR count). The van der Waals surface area contributed by atoms with Crippen molar-refractivity contribution in [1.82, 2.24) is 15.5 Å². The third-order valence-corrected chi connectivity index (χ3v) is 2.68. The van der Waals surface area contributed by atoms with Crippen LogP contribution in [0.4, 0.5) is 6.01 Å². The molecular weight excluding hydrogens is 208 g/mol. The Labute approximate surface area is 93.8 Å². The summed E-state index contributed by atoms with van der Waals surface area (Å²) in [6, 6.07) is 0.644. The Kier molecular flexibility index (Phi) is 3.51.